The summed E-state index contributed by atoms with van der Waals surface area (Å²) in [6, 6.07) is 7.63. The molecular formula is C21H38IN5O2. The second kappa shape index (κ2) is 14.7. The molecule has 0 aromatic heterocycles. The summed E-state index contributed by atoms with van der Waals surface area (Å²) in [4.78, 5) is 9.68. The first-order valence-corrected chi connectivity index (χ1v) is 10.3. The Bertz CT molecular complexity index is 577. The number of piperazine rings is 1. The lowest BCUT2D eigenvalue weighted by atomic mass is 10.1. The molecular weight excluding hydrogens is 481 g/mol. The van der Waals surface area contributed by atoms with Crippen molar-refractivity contribution in [3.8, 4) is 11.5 Å². The Labute approximate surface area is 193 Å². The summed E-state index contributed by atoms with van der Waals surface area (Å²) in [6.07, 6.45) is 0. The molecule has 1 saturated heterocycles. The third-order valence-electron chi connectivity index (χ3n) is 4.79. The molecule has 0 aliphatic carbocycles. The van der Waals surface area contributed by atoms with Crippen molar-refractivity contribution in [2.24, 2.45) is 10.9 Å². The number of nitrogens with one attached hydrogen (secondary N) is 2. The molecule has 1 fully saturated rings. The summed E-state index contributed by atoms with van der Waals surface area (Å²) < 4.78 is 10.9. The van der Waals surface area contributed by atoms with Gasteiger partial charge in [0, 0.05) is 45.8 Å². The number of benzene rings is 1. The van der Waals surface area contributed by atoms with Crippen LogP contribution in [0.15, 0.2) is 29.3 Å². The van der Waals surface area contributed by atoms with Crippen LogP contribution in [0.1, 0.15) is 13.8 Å². The third kappa shape index (κ3) is 10.4. The summed E-state index contributed by atoms with van der Waals surface area (Å²) >= 11 is 0. The molecule has 1 aliphatic rings. The smallest absolute Gasteiger partial charge is 0.191 e. The Kier molecular flexibility index (Phi) is 13.0. The fourth-order valence-electron chi connectivity index (χ4n) is 3.13. The highest BCUT2D eigenvalue weighted by Crippen LogP contribution is 2.16. The predicted molar refractivity (Wildman–Crippen MR) is 131 cm³/mol. The summed E-state index contributed by atoms with van der Waals surface area (Å²) in [5.74, 6) is 3.06. The lowest BCUT2D eigenvalue weighted by Crippen LogP contribution is -2.46. The Morgan fingerprint density at radius 3 is 2.38 bits per heavy atom. The molecule has 2 N–H and O–H groups in total. The van der Waals surface area contributed by atoms with Crippen LogP contribution < -0.4 is 20.1 Å². The highest BCUT2D eigenvalue weighted by Gasteiger charge is 2.15. The third-order valence-corrected chi connectivity index (χ3v) is 4.79. The van der Waals surface area contributed by atoms with Gasteiger partial charge in [-0.1, -0.05) is 6.92 Å². The van der Waals surface area contributed by atoms with E-state index in [9.17, 15) is 0 Å². The fraction of sp³-hybridized carbons (Fsp3) is 0.667. The van der Waals surface area contributed by atoms with Gasteiger partial charge in [0.15, 0.2) is 5.96 Å². The van der Waals surface area contributed by atoms with Gasteiger partial charge in [-0.05, 0) is 44.2 Å². The number of hydrogen-bond donors (Lipinski definition) is 2. The topological polar surface area (TPSA) is 61.4 Å². The molecule has 7 nitrogen and oxygen atoms in total. The molecule has 1 aromatic carbocycles. The van der Waals surface area contributed by atoms with E-state index in [4.69, 9.17) is 14.5 Å². The molecule has 0 radical (unpaired) electrons. The van der Waals surface area contributed by atoms with Crippen LogP contribution in [0.2, 0.25) is 0 Å². The molecule has 1 atom stereocenters. The van der Waals surface area contributed by atoms with E-state index in [0.717, 1.165) is 63.3 Å². The number of aliphatic imine (C=N–C) groups is 1. The van der Waals surface area contributed by atoms with Crippen LogP contribution in [0.5, 0.6) is 11.5 Å². The second-order valence-corrected chi connectivity index (χ2v) is 7.38. The fourth-order valence-corrected chi connectivity index (χ4v) is 3.13. The van der Waals surface area contributed by atoms with Crippen LogP contribution in [0.3, 0.4) is 0 Å². The van der Waals surface area contributed by atoms with Crippen molar-refractivity contribution >= 4 is 29.9 Å². The van der Waals surface area contributed by atoms with Crippen LogP contribution in [-0.4, -0.2) is 88.9 Å². The summed E-state index contributed by atoms with van der Waals surface area (Å²) in [5.41, 5.74) is 0. The van der Waals surface area contributed by atoms with Crippen LogP contribution in [0.25, 0.3) is 0 Å². The van der Waals surface area contributed by atoms with E-state index in [1.54, 1.807) is 7.11 Å². The van der Waals surface area contributed by atoms with E-state index in [0.29, 0.717) is 19.1 Å². The van der Waals surface area contributed by atoms with Crippen molar-refractivity contribution in [1.82, 2.24) is 20.4 Å². The number of likely N-dealkylation sites (N-methyl/N-ethyl adjacent to an activating group) is 1. The Morgan fingerprint density at radius 1 is 1.10 bits per heavy atom. The minimum atomic E-state index is 0. The first-order valence-electron chi connectivity index (χ1n) is 10.3. The van der Waals surface area contributed by atoms with Gasteiger partial charge in [-0.15, -0.1) is 24.0 Å². The number of methoxy groups -OCH3 is 1. The van der Waals surface area contributed by atoms with Gasteiger partial charge in [-0.2, -0.15) is 0 Å². The van der Waals surface area contributed by atoms with Crippen LogP contribution >= 0.6 is 24.0 Å². The highest BCUT2D eigenvalue weighted by molar-refractivity contribution is 14.0. The lowest BCUT2D eigenvalue weighted by molar-refractivity contribution is 0.140. The van der Waals surface area contributed by atoms with Crippen molar-refractivity contribution in [2.75, 3.05) is 73.1 Å². The largest absolute Gasteiger partial charge is 0.497 e. The molecule has 8 heteroatoms. The molecule has 0 saturated carbocycles. The van der Waals surface area contributed by atoms with Gasteiger partial charge >= 0.3 is 0 Å². The quantitative estimate of drug-likeness (QED) is 0.214. The van der Waals surface area contributed by atoms with Gasteiger partial charge < -0.3 is 29.9 Å². The number of rotatable bonds is 10. The van der Waals surface area contributed by atoms with Crippen LogP contribution in [0, 0.1) is 5.92 Å². The molecule has 2 rings (SSSR count). The maximum absolute atomic E-state index is 5.76. The van der Waals surface area contributed by atoms with Crippen molar-refractivity contribution < 1.29 is 9.47 Å². The number of guanidine groups is 1. The molecule has 1 unspecified atom stereocenters. The lowest BCUT2D eigenvalue weighted by Gasteiger charge is -2.33. The van der Waals surface area contributed by atoms with Crippen molar-refractivity contribution in [1.29, 1.82) is 0 Å². The average Bonchev–Trinajstić information content (AvgIpc) is 2.71. The molecule has 0 spiro atoms. The van der Waals surface area contributed by atoms with E-state index in [1.807, 2.05) is 24.3 Å². The van der Waals surface area contributed by atoms with Gasteiger partial charge in [-0.3, -0.25) is 4.99 Å². The monoisotopic (exact) mass is 519 g/mol. The highest BCUT2D eigenvalue weighted by atomic mass is 127. The minimum Gasteiger partial charge on any atom is -0.497 e. The van der Waals surface area contributed by atoms with Gasteiger partial charge in [0.2, 0.25) is 0 Å². The summed E-state index contributed by atoms with van der Waals surface area (Å²) in [5, 5.41) is 6.65. The average molecular weight is 519 g/mol. The number of nitrogens with zero attached hydrogens (tertiary/aromatic N) is 3. The zero-order valence-electron chi connectivity index (χ0n) is 18.3. The zero-order chi connectivity index (χ0) is 20.2. The number of halogens is 1. The van der Waals surface area contributed by atoms with E-state index >= 15 is 0 Å². The van der Waals surface area contributed by atoms with Gasteiger partial charge in [0.05, 0.1) is 13.7 Å². The molecule has 29 heavy (non-hydrogen) atoms. The van der Waals surface area contributed by atoms with Gasteiger partial charge in [0.1, 0.15) is 18.1 Å². The molecule has 1 aromatic rings. The first-order chi connectivity index (χ1) is 13.6. The molecule has 1 heterocycles. The van der Waals surface area contributed by atoms with Gasteiger partial charge in [0.25, 0.3) is 0 Å². The summed E-state index contributed by atoms with van der Waals surface area (Å²) in [6.45, 7) is 13.0. The number of hydrogen-bond acceptors (Lipinski definition) is 5. The normalized spacial score (nSPS) is 16.6. The maximum atomic E-state index is 5.76. The van der Waals surface area contributed by atoms with Crippen molar-refractivity contribution in [2.45, 2.75) is 13.8 Å². The maximum Gasteiger partial charge on any atom is 0.191 e. The van der Waals surface area contributed by atoms with Crippen LogP contribution in [0.4, 0.5) is 0 Å². The van der Waals surface area contributed by atoms with Crippen molar-refractivity contribution in [3.05, 3.63) is 24.3 Å². The second-order valence-electron chi connectivity index (χ2n) is 7.38. The van der Waals surface area contributed by atoms with E-state index in [1.165, 1.54) is 0 Å². The predicted octanol–water partition coefficient (Wildman–Crippen LogP) is 2.13. The Hall–Kier alpha value is -1.26. The standard InChI is InChI=1S/C21H37N5O2.HI/c1-5-22-21(23-10-15-28-20-8-6-19(27-4)7-9-20)24-16-18(2)17-26-13-11-25(3)12-14-26;/h6-9,18H,5,10-17H2,1-4H3,(H2,22,23,24);1H. The molecule has 166 valence electrons. The van der Waals surface area contributed by atoms with Crippen LogP contribution in [-0.2, 0) is 0 Å². The number of ether oxygens (including phenoxy) is 2. The molecule has 0 bridgehead atoms. The van der Waals surface area contributed by atoms with Gasteiger partial charge in [-0.25, -0.2) is 0 Å². The Morgan fingerprint density at radius 2 is 1.76 bits per heavy atom. The first kappa shape index (κ1) is 25.8. The van der Waals surface area contributed by atoms with Crippen molar-refractivity contribution in [3.63, 3.8) is 0 Å². The molecule has 0 amide bonds. The SMILES string of the molecule is CCNC(=NCC(C)CN1CCN(C)CC1)NCCOc1ccc(OC)cc1.I. The Balaban J connectivity index is 0.00000420. The minimum absolute atomic E-state index is 0. The van der Waals surface area contributed by atoms with E-state index in [2.05, 4.69) is 41.3 Å². The molecule has 1 aliphatic heterocycles. The van der Waals surface area contributed by atoms with E-state index in [-0.39, 0.29) is 24.0 Å². The summed E-state index contributed by atoms with van der Waals surface area (Å²) in [7, 11) is 3.85. The zero-order valence-corrected chi connectivity index (χ0v) is 20.6. The van der Waals surface area contributed by atoms with E-state index < -0.39 is 0 Å².